The molecule has 2 amide bonds. The predicted molar refractivity (Wildman–Crippen MR) is 116 cm³/mol. The van der Waals surface area contributed by atoms with E-state index in [0.717, 1.165) is 24.2 Å². The van der Waals surface area contributed by atoms with Gasteiger partial charge in [-0.1, -0.05) is 19.9 Å². The zero-order valence-corrected chi connectivity index (χ0v) is 18.8. The van der Waals surface area contributed by atoms with Crippen molar-refractivity contribution >= 4 is 21.5 Å². The molecule has 2 rings (SSSR count). The average molecular weight is 424 g/mol. The molecule has 0 aromatic heterocycles. The van der Waals surface area contributed by atoms with Gasteiger partial charge in [0.05, 0.1) is 16.3 Å². The third kappa shape index (κ3) is 7.44. The fourth-order valence-corrected chi connectivity index (χ4v) is 5.30. The van der Waals surface area contributed by atoms with E-state index in [1.807, 2.05) is 45.9 Å². The molecule has 0 saturated carbocycles. The van der Waals surface area contributed by atoms with Gasteiger partial charge in [0.2, 0.25) is 5.91 Å². The van der Waals surface area contributed by atoms with Gasteiger partial charge in [-0.25, -0.2) is 4.21 Å². The maximum absolute atomic E-state index is 13.1. The quantitative estimate of drug-likeness (QED) is 0.672. The SMILES string of the molecule is CCN(CC)CC(=O)N1CCCS(=O)(=NC(=O)COc2cc(C)cc(C)c2)CC1. The van der Waals surface area contributed by atoms with E-state index in [4.69, 9.17) is 4.74 Å². The number of ether oxygens (including phenoxy) is 1. The molecule has 8 heteroatoms. The first-order valence-corrected chi connectivity index (χ1v) is 12.1. The summed E-state index contributed by atoms with van der Waals surface area (Å²) in [6.45, 7) is 10.7. The van der Waals surface area contributed by atoms with Crippen LogP contribution in [0.25, 0.3) is 0 Å². The van der Waals surface area contributed by atoms with Crippen molar-refractivity contribution in [3.8, 4) is 5.75 Å². The molecule has 0 aliphatic carbocycles. The summed E-state index contributed by atoms with van der Waals surface area (Å²) < 4.78 is 22.6. The molecule has 1 fully saturated rings. The maximum atomic E-state index is 13.1. The van der Waals surface area contributed by atoms with Gasteiger partial charge in [-0.15, -0.1) is 0 Å². The van der Waals surface area contributed by atoms with E-state index >= 15 is 0 Å². The Bertz CT molecular complexity index is 822. The molecule has 1 heterocycles. The van der Waals surface area contributed by atoms with E-state index in [-0.39, 0.29) is 18.3 Å². The van der Waals surface area contributed by atoms with Crippen molar-refractivity contribution in [3.05, 3.63) is 29.3 Å². The first kappa shape index (κ1) is 23.3. The Balaban J connectivity index is 1.95. The Hall–Kier alpha value is -1.93. The molecule has 1 unspecified atom stereocenters. The smallest absolute Gasteiger partial charge is 0.291 e. The number of carbonyl (C=O) groups excluding carboxylic acids is 2. The lowest BCUT2D eigenvalue weighted by Gasteiger charge is -2.24. The highest BCUT2D eigenvalue weighted by atomic mass is 32.2. The number of amides is 2. The number of hydrogen-bond donors (Lipinski definition) is 0. The van der Waals surface area contributed by atoms with Crippen LogP contribution >= 0.6 is 0 Å². The Labute approximate surface area is 174 Å². The van der Waals surface area contributed by atoms with E-state index in [9.17, 15) is 13.8 Å². The molecule has 0 bridgehead atoms. The van der Waals surface area contributed by atoms with Crippen LogP contribution in [0.2, 0.25) is 0 Å². The third-order valence-electron chi connectivity index (χ3n) is 5.00. The second-order valence-corrected chi connectivity index (χ2v) is 10.0. The summed E-state index contributed by atoms with van der Waals surface area (Å²) >= 11 is 0. The number of aryl methyl sites for hydroxylation is 2. The summed E-state index contributed by atoms with van der Waals surface area (Å²) in [5.74, 6) is 0.692. The Morgan fingerprint density at radius 1 is 1.10 bits per heavy atom. The highest BCUT2D eigenvalue weighted by Crippen LogP contribution is 2.16. The number of benzene rings is 1. The zero-order chi connectivity index (χ0) is 21.4. The molecule has 1 aromatic rings. The molecule has 0 radical (unpaired) electrons. The number of hydrogen-bond acceptors (Lipinski definition) is 5. The molecule has 1 aliphatic rings. The molecular formula is C21H33N3O4S. The average Bonchev–Trinajstić information content (AvgIpc) is 2.85. The minimum Gasteiger partial charge on any atom is -0.484 e. The molecular weight excluding hydrogens is 390 g/mol. The minimum absolute atomic E-state index is 0.0434. The maximum Gasteiger partial charge on any atom is 0.291 e. The zero-order valence-electron chi connectivity index (χ0n) is 18.0. The van der Waals surface area contributed by atoms with Gasteiger partial charge in [0, 0.05) is 24.6 Å². The third-order valence-corrected chi connectivity index (χ3v) is 7.29. The van der Waals surface area contributed by atoms with Crippen LogP contribution in [0, 0.1) is 13.8 Å². The monoisotopic (exact) mass is 423 g/mol. The molecule has 29 heavy (non-hydrogen) atoms. The standard InChI is InChI=1S/C21H33N3O4S/c1-5-23(6-2)15-21(26)24-8-7-10-29(27,11-9-24)22-20(25)16-28-19-13-17(3)12-18(4)14-19/h12-14H,5-11,15-16H2,1-4H3. The van der Waals surface area contributed by atoms with Crippen molar-refractivity contribution in [2.45, 2.75) is 34.1 Å². The van der Waals surface area contributed by atoms with Gasteiger partial charge in [-0.3, -0.25) is 14.5 Å². The van der Waals surface area contributed by atoms with Crippen LogP contribution in [0.1, 0.15) is 31.4 Å². The van der Waals surface area contributed by atoms with E-state index in [0.29, 0.717) is 37.6 Å². The first-order chi connectivity index (χ1) is 13.7. The first-order valence-electron chi connectivity index (χ1n) is 10.2. The topological polar surface area (TPSA) is 79.3 Å². The summed E-state index contributed by atoms with van der Waals surface area (Å²) in [5, 5.41) is 0. The number of rotatable bonds is 7. The summed E-state index contributed by atoms with van der Waals surface area (Å²) in [4.78, 5) is 28.6. The van der Waals surface area contributed by atoms with Crippen molar-refractivity contribution in [2.75, 3.05) is 50.8 Å². The van der Waals surface area contributed by atoms with Gasteiger partial charge in [0.1, 0.15) is 5.75 Å². The lowest BCUT2D eigenvalue weighted by molar-refractivity contribution is -0.132. The highest BCUT2D eigenvalue weighted by Gasteiger charge is 2.23. The number of carbonyl (C=O) groups is 2. The Morgan fingerprint density at radius 3 is 2.38 bits per heavy atom. The number of likely N-dealkylation sites (N-methyl/N-ethyl adjacent to an activating group) is 1. The Kier molecular flexibility index (Phi) is 8.64. The van der Waals surface area contributed by atoms with Crippen LogP contribution < -0.4 is 4.74 Å². The summed E-state index contributed by atoms with van der Waals surface area (Å²) in [5.41, 5.74) is 2.10. The van der Waals surface area contributed by atoms with Gasteiger partial charge in [0.25, 0.3) is 5.91 Å². The van der Waals surface area contributed by atoms with Gasteiger partial charge in [-0.05, 0) is 56.6 Å². The Morgan fingerprint density at radius 2 is 1.76 bits per heavy atom. The van der Waals surface area contributed by atoms with Crippen LogP contribution in [0.5, 0.6) is 5.75 Å². The largest absolute Gasteiger partial charge is 0.484 e. The molecule has 1 aliphatic heterocycles. The molecule has 0 spiro atoms. The van der Waals surface area contributed by atoms with Gasteiger partial charge in [0.15, 0.2) is 6.61 Å². The molecule has 0 N–H and O–H groups in total. The van der Waals surface area contributed by atoms with Crippen LogP contribution in [-0.2, 0) is 19.3 Å². The lowest BCUT2D eigenvalue weighted by atomic mass is 10.1. The second kappa shape index (κ2) is 10.7. The van der Waals surface area contributed by atoms with E-state index in [1.165, 1.54) is 0 Å². The summed E-state index contributed by atoms with van der Waals surface area (Å²) in [7, 11) is -2.66. The minimum atomic E-state index is -2.66. The fourth-order valence-electron chi connectivity index (χ4n) is 3.40. The van der Waals surface area contributed by atoms with E-state index < -0.39 is 15.6 Å². The lowest BCUT2D eigenvalue weighted by Crippen LogP contribution is -2.41. The van der Waals surface area contributed by atoms with Crippen LogP contribution in [0.3, 0.4) is 0 Å². The van der Waals surface area contributed by atoms with E-state index in [2.05, 4.69) is 9.26 Å². The normalized spacial score (nSPS) is 19.7. The predicted octanol–water partition coefficient (Wildman–Crippen LogP) is 2.25. The van der Waals surface area contributed by atoms with Crippen molar-refractivity contribution in [1.29, 1.82) is 0 Å². The van der Waals surface area contributed by atoms with Crippen molar-refractivity contribution in [2.24, 2.45) is 4.36 Å². The second-order valence-electron chi connectivity index (χ2n) is 7.47. The molecule has 1 aromatic carbocycles. The van der Waals surface area contributed by atoms with Crippen LogP contribution in [-0.4, -0.2) is 76.7 Å². The summed E-state index contributed by atoms with van der Waals surface area (Å²) in [6, 6.07) is 5.73. The van der Waals surface area contributed by atoms with Crippen LogP contribution in [0.15, 0.2) is 22.6 Å². The van der Waals surface area contributed by atoms with Crippen molar-refractivity contribution < 1.29 is 18.5 Å². The van der Waals surface area contributed by atoms with Gasteiger partial charge in [-0.2, -0.15) is 4.36 Å². The van der Waals surface area contributed by atoms with Gasteiger partial charge < -0.3 is 9.64 Å². The van der Waals surface area contributed by atoms with E-state index in [1.54, 1.807) is 4.90 Å². The fraction of sp³-hybridized carbons (Fsp3) is 0.619. The molecule has 1 saturated heterocycles. The molecule has 1 atom stereocenters. The van der Waals surface area contributed by atoms with Crippen molar-refractivity contribution in [1.82, 2.24) is 9.80 Å². The number of nitrogens with zero attached hydrogens (tertiary/aromatic N) is 3. The molecule has 162 valence electrons. The van der Waals surface area contributed by atoms with Crippen LogP contribution in [0.4, 0.5) is 0 Å². The van der Waals surface area contributed by atoms with Crippen molar-refractivity contribution in [3.63, 3.8) is 0 Å². The summed E-state index contributed by atoms with van der Waals surface area (Å²) in [6.07, 6.45) is 0.581. The van der Waals surface area contributed by atoms with Gasteiger partial charge >= 0.3 is 0 Å². The highest BCUT2D eigenvalue weighted by molar-refractivity contribution is 7.93. The molecule has 7 nitrogen and oxygen atoms in total.